The number of hydrogen-bond acceptors (Lipinski definition) is 4. The lowest BCUT2D eigenvalue weighted by atomic mass is 9.90. The summed E-state index contributed by atoms with van der Waals surface area (Å²) in [7, 11) is 0. The summed E-state index contributed by atoms with van der Waals surface area (Å²) in [4.78, 5) is 33.8. The first kappa shape index (κ1) is 20.2. The number of anilines is 1. The Kier molecular flexibility index (Phi) is 5.41. The molecule has 2 amide bonds. The van der Waals surface area contributed by atoms with E-state index in [1.807, 2.05) is 60.7 Å². The standard InChI is InChI=1S/C24H21N5O2/c1-15-14-20(29(28-15)24-25-17(3)16(2)22(30)27-24)26-23(31)21(18-10-6-4-7-11-18)19-12-8-5-9-13-19/h4-14,21H,2H2,1,3H3,(H,26,31). The first-order valence-electron chi connectivity index (χ1n) is 9.79. The van der Waals surface area contributed by atoms with Gasteiger partial charge in [-0.15, -0.1) is 0 Å². The Morgan fingerprint density at radius 1 is 0.968 bits per heavy atom. The second-order valence-corrected chi connectivity index (χ2v) is 7.22. The van der Waals surface area contributed by atoms with Crippen molar-refractivity contribution in [2.24, 2.45) is 9.98 Å². The Labute approximate surface area is 179 Å². The summed E-state index contributed by atoms with van der Waals surface area (Å²) in [6.45, 7) is 7.16. The number of nitrogens with one attached hydrogen (secondary N) is 1. The summed E-state index contributed by atoms with van der Waals surface area (Å²) in [5.74, 6) is -0.749. The fourth-order valence-electron chi connectivity index (χ4n) is 3.38. The molecule has 0 aliphatic carbocycles. The largest absolute Gasteiger partial charge is 0.310 e. The van der Waals surface area contributed by atoms with E-state index >= 15 is 0 Å². The van der Waals surface area contributed by atoms with E-state index in [9.17, 15) is 9.59 Å². The lowest BCUT2D eigenvalue weighted by Crippen LogP contribution is -2.27. The second kappa shape index (κ2) is 8.31. The van der Waals surface area contributed by atoms with E-state index in [1.54, 1.807) is 19.9 Å². The molecule has 0 atom stereocenters. The highest BCUT2D eigenvalue weighted by molar-refractivity contribution is 6.27. The van der Waals surface area contributed by atoms with Crippen LogP contribution in [0.4, 0.5) is 5.82 Å². The number of carbonyl (C=O) groups excluding carboxylic acids is 2. The van der Waals surface area contributed by atoms with Crippen molar-refractivity contribution in [3.63, 3.8) is 0 Å². The van der Waals surface area contributed by atoms with Crippen molar-refractivity contribution in [1.82, 2.24) is 9.78 Å². The van der Waals surface area contributed by atoms with E-state index in [0.717, 1.165) is 11.1 Å². The molecular formula is C24H21N5O2. The van der Waals surface area contributed by atoms with Gasteiger partial charge in [0, 0.05) is 6.07 Å². The smallest absolute Gasteiger partial charge is 0.281 e. The van der Waals surface area contributed by atoms with E-state index in [-0.39, 0.29) is 17.4 Å². The van der Waals surface area contributed by atoms with E-state index in [4.69, 9.17) is 0 Å². The van der Waals surface area contributed by atoms with Gasteiger partial charge in [-0.05, 0) is 25.0 Å². The summed E-state index contributed by atoms with van der Waals surface area (Å²) >= 11 is 0. The minimum absolute atomic E-state index is 0.0919. The first-order chi connectivity index (χ1) is 14.9. The van der Waals surface area contributed by atoms with Crippen molar-refractivity contribution >= 4 is 29.3 Å². The topological polar surface area (TPSA) is 88.7 Å². The highest BCUT2D eigenvalue weighted by atomic mass is 16.2. The predicted molar refractivity (Wildman–Crippen MR) is 120 cm³/mol. The molecule has 1 N–H and O–H groups in total. The Balaban J connectivity index is 1.71. The molecule has 1 aliphatic heterocycles. The third kappa shape index (κ3) is 4.11. The molecule has 0 spiro atoms. The summed E-state index contributed by atoms with van der Waals surface area (Å²) in [6.07, 6.45) is 0. The van der Waals surface area contributed by atoms with Gasteiger partial charge < -0.3 is 5.32 Å². The zero-order valence-corrected chi connectivity index (χ0v) is 17.2. The number of amides is 2. The molecule has 0 radical (unpaired) electrons. The monoisotopic (exact) mass is 411 g/mol. The number of aromatic nitrogens is 2. The Bertz CT molecular complexity index is 1180. The van der Waals surface area contributed by atoms with Gasteiger partial charge in [-0.3, -0.25) is 9.59 Å². The Hall–Kier alpha value is -4.13. The molecule has 7 nitrogen and oxygen atoms in total. The van der Waals surface area contributed by atoms with Crippen molar-refractivity contribution < 1.29 is 9.59 Å². The van der Waals surface area contributed by atoms with Crippen LogP contribution in [0.15, 0.2) is 88.9 Å². The van der Waals surface area contributed by atoms with Gasteiger partial charge >= 0.3 is 0 Å². The van der Waals surface area contributed by atoms with Gasteiger partial charge in [-0.25, -0.2) is 4.99 Å². The normalized spacial score (nSPS) is 13.8. The van der Waals surface area contributed by atoms with Crippen molar-refractivity contribution in [3.8, 4) is 0 Å². The van der Waals surface area contributed by atoms with Crippen LogP contribution >= 0.6 is 0 Å². The maximum Gasteiger partial charge on any atom is 0.281 e. The number of aryl methyl sites for hydroxylation is 1. The zero-order chi connectivity index (χ0) is 22.0. The molecule has 0 fully saturated rings. The van der Waals surface area contributed by atoms with Gasteiger partial charge in [0.25, 0.3) is 11.9 Å². The van der Waals surface area contributed by atoms with Gasteiger partial charge in [0.1, 0.15) is 5.82 Å². The number of benzene rings is 2. The van der Waals surface area contributed by atoms with Gasteiger partial charge in [-0.1, -0.05) is 67.2 Å². The third-order valence-electron chi connectivity index (χ3n) is 4.96. The van der Waals surface area contributed by atoms with E-state index in [2.05, 4.69) is 27.0 Å². The molecule has 7 heteroatoms. The van der Waals surface area contributed by atoms with E-state index in [0.29, 0.717) is 17.2 Å². The molecule has 2 aromatic carbocycles. The molecule has 4 rings (SSSR count). The molecule has 2 heterocycles. The van der Waals surface area contributed by atoms with Crippen LogP contribution in [-0.2, 0) is 9.59 Å². The zero-order valence-electron chi connectivity index (χ0n) is 17.2. The molecule has 31 heavy (non-hydrogen) atoms. The quantitative estimate of drug-likeness (QED) is 0.664. The SMILES string of the molecule is C=C1C(=O)N=C(n2nc(C)cc2NC(=O)C(c2ccccc2)c2ccccc2)N=C1C. The minimum atomic E-state index is -0.522. The van der Waals surface area contributed by atoms with Crippen LogP contribution in [0.2, 0.25) is 0 Å². The number of nitrogens with zero attached hydrogens (tertiary/aromatic N) is 4. The van der Waals surface area contributed by atoms with Crippen LogP contribution in [0.1, 0.15) is 29.7 Å². The number of carbonyl (C=O) groups is 2. The van der Waals surface area contributed by atoms with Crippen molar-refractivity contribution in [2.45, 2.75) is 19.8 Å². The van der Waals surface area contributed by atoms with Crippen LogP contribution in [0.5, 0.6) is 0 Å². The van der Waals surface area contributed by atoms with Gasteiger partial charge in [0.15, 0.2) is 0 Å². The maximum absolute atomic E-state index is 13.4. The number of aliphatic imine (C=N–C) groups is 2. The predicted octanol–water partition coefficient (Wildman–Crippen LogP) is 3.72. The Morgan fingerprint density at radius 3 is 2.10 bits per heavy atom. The molecule has 0 saturated carbocycles. The molecule has 0 saturated heterocycles. The fraction of sp³-hybridized carbons (Fsp3) is 0.125. The van der Waals surface area contributed by atoms with E-state index in [1.165, 1.54) is 4.68 Å². The molecule has 0 unspecified atom stereocenters. The fourth-order valence-corrected chi connectivity index (χ4v) is 3.38. The molecule has 154 valence electrons. The van der Waals surface area contributed by atoms with Crippen LogP contribution < -0.4 is 5.32 Å². The van der Waals surface area contributed by atoms with E-state index < -0.39 is 11.8 Å². The number of hydrogen-bond donors (Lipinski definition) is 1. The average Bonchev–Trinajstić information content (AvgIpc) is 3.13. The van der Waals surface area contributed by atoms with Crippen LogP contribution in [0.25, 0.3) is 0 Å². The Morgan fingerprint density at radius 2 is 1.55 bits per heavy atom. The summed E-state index contributed by atoms with van der Waals surface area (Å²) in [5.41, 5.74) is 3.09. The molecule has 3 aromatic rings. The molecular weight excluding hydrogens is 390 g/mol. The molecule has 1 aliphatic rings. The maximum atomic E-state index is 13.4. The van der Waals surface area contributed by atoms with Crippen molar-refractivity contribution in [1.29, 1.82) is 0 Å². The first-order valence-corrected chi connectivity index (χ1v) is 9.79. The van der Waals surface area contributed by atoms with Gasteiger partial charge in [-0.2, -0.15) is 14.8 Å². The van der Waals surface area contributed by atoms with Gasteiger partial charge in [0.05, 0.1) is 22.9 Å². The minimum Gasteiger partial charge on any atom is -0.310 e. The lowest BCUT2D eigenvalue weighted by molar-refractivity contribution is -0.117. The van der Waals surface area contributed by atoms with Gasteiger partial charge in [0.2, 0.25) is 5.91 Å². The molecule has 0 bridgehead atoms. The van der Waals surface area contributed by atoms with Crippen LogP contribution in [-0.4, -0.2) is 33.3 Å². The lowest BCUT2D eigenvalue weighted by Gasteiger charge is -2.18. The molecule has 1 aromatic heterocycles. The highest BCUT2D eigenvalue weighted by Gasteiger charge is 2.26. The average molecular weight is 411 g/mol. The summed E-state index contributed by atoms with van der Waals surface area (Å²) < 4.78 is 1.37. The third-order valence-corrected chi connectivity index (χ3v) is 4.96. The highest BCUT2D eigenvalue weighted by Crippen LogP contribution is 2.26. The van der Waals surface area contributed by atoms with Crippen molar-refractivity contribution in [2.75, 3.05) is 5.32 Å². The van der Waals surface area contributed by atoms with Crippen LogP contribution in [0.3, 0.4) is 0 Å². The summed E-state index contributed by atoms with van der Waals surface area (Å²) in [5, 5.41) is 7.31. The summed E-state index contributed by atoms with van der Waals surface area (Å²) in [6, 6.07) is 20.8. The second-order valence-electron chi connectivity index (χ2n) is 7.22. The van der Waals surface area contributed by atoms with Crippen molar-refractivity contribution in [3.05, 3.63) is 95.7 Å². The van der Waals surface area contributed by atoms with Crippen LogP contribution in [0, 0.1) is 6.92 Å². The number of rotatable bonds is 4.